The second kappa shape index (κ2) is 19.1. The molecule has 4 rings (SSSR count). The summed E-state index contributed by atoms with van der Waals surface area (Å²) in [5, 5.41) is 3.15. The number of benzene rings is 1. The molecule has 1 aliphatic rings. The average molecular weight is 729 g/mol. The fourth-order valence-electron chi connectivity index (χ4n) is 5.63. The van der Waals surface area contributed by atoms with Crippen molar-refractivity contribution in [2.75, 3.05) is 31.8 Å². The van der Waals surface area contributed by atoms with Crippen LogP contribution in [0.2, 0.25) is 0 Å². The van der Waals surface area contributed by atoms with Crippen molar-refractivity contribution in [3.8, 4) is 0 Å². The van der Waals surface area contributed by atoms with Gasteiger partial charge in [0.25, 0.3) is 0 Å². The number of halogens is 1. The van der Waals surface area contributed by atoms with Crippen molar-refractivity contribution >= 4 is 56.6 Å². The average Bonchev–Trinajstić information content (AvgIpc) is 3.73. The van der Waals surface area contributed by atoms with E-state index in [1.807, 2.05) is 30.7 Å². The van der Waals surface area contributed by atoms with Crippen molar-refractivity contribution in [3.05, 3.63) is 47.2 Å². The first-order chi connectivity index (χ1) is 23.3. The van der Waals surface area contributed by atoms with Crippen LogP contribution in [0.15, 0.2) is 46.5 Å². The van der Waals surface area contributed by atoms with E-state index in [-0.39, 0.29) is 18.5 Å². The Bertz CT molecular complexity index is 1550. The minimum Gasteiger partial charge on any atom is -0.465 e. The van der Waals surface area contributed by atoms with Gasteiger partial charge in [-0.25, -0.2) is 14.7 Å². The maximum atomic E-state index is 13.3. The van der Waals surface area contributed by atoms with Gasteiger partial charge in [0.05, 0.1) is 47.6 Å². The molecular formula is C34H46BrN7O6. The van der Waals surface area contributed by atoms with Crippen LogP contribution in [0, 0.1) is 11.8 Å². The lowest BCUT2D eigenvalue weighted by Crippen LogP contribution is -2.39. The summed E-state index contributed by atoms with van der Waals surface area (Å²) < 4.78 is 19.0. The van der Waals surface area contributed by atoms with Crippen LogP contribution in [-0.4, -0.2) is 74.9 Å². The second-order valence-corrected chi connectivity index (χ2v) is 12.6. The maximum Gasteiger partial charge on any atom is 0.419 e. The topological polar surface area (TPSA) is 150 Å². The van der Waals surface area contributed by atoms with Crippen LogP contribution in [0.4, 0.5) is 10.5 Å². The van der Waals surface area contributed by atoms with E-state index in [0.29, 0.717) is 54.0 Å². The largest absolute Gasteiger partial charge is 0.465 e. The lowest BCUT2D eigenvalue weighted by atomic mass is 9.87. The van der Waals surface area contributed by atoms with Gasteiger partial charge in [0, 0.05) is 43.7 Å². The molecule has 3 heterocycles. The highest BCUT2D eigenvalue weighted by atomic mass is 79.9. The zero-order valence-electron chi connectivity index (χ0n) is 28.0. The predicted molar refractivity (Wildman–Crippen MR) is 185 cm³/mol. The number of fused-ring (bicyclic) bond motifs is 1. The minimum atomic E-state index is -0.706. The number of aromatic nitrogens is 4. The fraction of sp³-hybridized carbons (Fsp3) is 0.559. The zero-order chi connectivity index (χ0) is 34.3. The van der Waals surface area contributed by atoms with Crippen LogP contribution in [-0.2, 0) is 37.3 Å². The monoisotopic (exact) mass is 727 g/mol. The number of aryl methyl sites for hydroxylation is 1. The molecule has 2 atom stereocenters. The van der Waals surface area contributed by atoms with E-state index in [4.69, 9.17) is 14.2 Å². The number of amides is 1. The lowest BCUT2D eigenvalue weighted by molar-refractivity contribution is -0.162. The minimum absolute atomic E-state index is 0.0725. The molecule has 0 unspecified atom stereocenters. The first-order valence-electron chi connectivity index (χ1n) is 16.7. The summed E-state index contributed by atoms with van der Waals surface area (Å²) in [4.78, 5) is 57.5. The molecule has 1 N–H and O–H groups in total. The van der Waals surface area contributed by atoms with Gasteiger partial charge in [0.2, 0.25) is 12.8 Å². The SMILES string of the molecule is CCCCCCCCCC(=O)OC[C@H](Cc1cncn1C)[C@H](CC)C(=O)OCOC(=O)N1CCN=C1Nc1ccc2nccnc2c1Br. The number of hydrogen-bond acceptors (Lipinski definition) is 11. The Hall–Kier alpha value is -4.07. The Balaban J connectivity index is 1.28. The van der Waals surface area contributed by atoms with E-state index in [2.05, 4.69) is 48.1 Å². The highest BCUT2D eigenvalue weighted by molar-refractivity contribution is 9.10. The standard InChI is InChI=1S/C34H46BrN7O6/c1-4-6-7-8-9-10-11-12-29(43)46-21-24(19-25-20-36-22-41(25)3)26(5-2)32(44)47-23-48-34(45)42-18-17-39-33(42)40-27-13-14-28-31(30(27)35)38-16-15-37-28/h13-16,20,22,24,26H,4-12,17-19,21,23H2,1-3H3,(H,39,40)/t24-,26-/m0/s1. The summed E-state index contributed by atoms with van der Waals surface area (Å²) in [5.41, 5.74) is 2.94. The highest BCUT2D eigenvalue weighted by Gasteiger charge is 2.32. The van der Waals surface area contributed by atoms with Crippen LogP contribution in [0.1, 0.15) is 77.3 Å². The number of carbonyl (C=O) groups is 3. The number of aliphatic imine (C=N–C) groups is 1. The lowest BCUT2D eigenvalue weighted by Gasteiger charge is -2.25. The van der Waals surface area contributed by atoms with Crippen molar-refractivity contribution in [3.63, 3.8) is 0 Å². The Morgan fingerprint density at radius 2 is 1.77 bits per heavy atom. The quantitative estimate of drug-likeness (QED) is 0.0884. The number of guanidine groups is 1. The van der Waals surface area contributed by atoms with E-state index >= 15 is 0 Å². The van der Waals surface area contributed by atoms with Gasteiger partial charge in [-0.3, -0.25) is 24.5 Å². The van der Waals surface area contributed by atoms with Crippen LogP contribution in [0.5, 0.6) is 0 Å². The Kier molecular flexibility index (Phi) is 14.6. The molecule has 0 radical (unpaired) electrons. The molecule has 0 bridgehead atoms. The summed E-state index contributed by atoms with van der Waals surface area (Å²) in [6.07, 6.45) is 15.0. The molecule has 0 saturated heterocycles. The molecule has 0 spiro atoms. The van der Waals surface area contributed by atoms with Gasteiger partial charge in [-0.15, -0.1) is 0 Å². The smallest absolute Gasteiger partial charge is 0.419 e. The molecule has 1 aromatic carbocycles. The normalized spacial score (nSPS) is 14.0. The molecule has 0 aliphatic carbocycles. The highest BCUT2D eigenvalue weighted by Crippen LogP contribution is 2.30. The summed E-state index contributed by atoms with van der Waals surface area (Å²) in [7, 11) is 1.88. The van der Waals surface area contributed by atoms with Crippen molar-refractivity contribution < 1.29 is 28.6 Å². The number of nitrogens with one attached hydrogen (secondary N) is 1. The molecule has 260 valence electrons. The molecule has 3 aromatic rings. The summed E-state index contributed by atoms with van der Waals surface area (Å²) in [6.45, 7) is 4.26. The van der Waals surface area contributed by atoms with Gasteiger partial charge >= 0.3 is 18.0 Å². The van der Waals surface area contributed by atoms with Crippen LogP contribution >= 0.6 is 15.9 Å². The van der Waals surface area contributed by atoms with Gasteiger partial charge in [-0.1, -0.05) is 52.4 Å². The molecule has 14 heteroatoms. The molecule has 2 aromatic heterocycles. The molecule has 1 amide bonds. The van der Waals surface area contributed by atoms with E-state index in [1.54, 1.807) is 24.9 Å². The van der Waals surface area contributed by atoms with Crippen LogP contribution in [0.3, 0.4) is 0 Å². The van der Waals surface area contributed by atoms with Crippen molar-refractivity contribution in [2.24, 2.45) is 23.9 Å². The van der Waals surface area contributed by atoms with Gasteiger partial charge in [0.1, 0.15) is 5.52 Å². The van der Waals surface area contributed by atoms with Crippen LogP contribution < -0.4 is 5.32 Å². The first kappa shape index (κ1) is 36.8. The van der Waals surface area contributed by atoms with Gasteiger partial charge in [0.15, 0.2) is 0 Å². The number of hydrogen-bond donors (Lipinski definition) is 1. The van der Waals surface area contributed by atoms with Crippen LogP contribution in [0.25, 0.3) is 11.0 Å². The Labute approximate surface area is 290 Å². The first-order valence-corrected chi connectivity index (χ1v) is 17.5. The molecule has 0 saturated carbocycles. The number of esters is 2. The molecular weight excluding hydrogens is 682 g/mol. The number of nitrogens with zero attached hydrogens (tertiary/aromatic N) is 6. The maximum absolute atomic E-state index is 13.3. The number of unbranched alkanes of at least 4 members (excludes halogenated alkanes) is 6. The van der Waals surface area contributed by atoms with Crippen molar-refractivity contribution in [2.45, 2.75) is 78.1 Å². The summed E-state index contributed by atoms with van der Waals surface area (Å²) in [5.74, 6) is -1.44. The van der Waals surface area contributed by atoms with Gasteiger partial charge < -0.3 is 24.1 Å². The Morgan fingerprint density at radius 1 is 1.00 bits per heavy atom. The van der Waals surface area contributed by atoms with Crippen molar-refractivity contribution in [1.82, 2.24) is 24.4 Å². The van der Waals surface area contributed by atoms with Gasteiger partial charge in [-0.05, 0) is 47.3 Å². The number of imidazole rings is 1. The molecule has 48 heavy (non-hydrogen) atoms. The third-order valence-electron chi connectivity index (χ3n) is 8.41. The second-order valence-electron chi connectivity index (χ2n) is 11.9. The Morgan fingerprint density at radius 3 is 2.52 bits per heavy atom. The third kappa shape index (κ3) is 10.5. The summed E-state index contributed by atoms with van der Waals surface area (Å²) >= 11 is 3.56. The zero-order valence-corrected chi connectivity index (χ0v) is 29.6. The van der Waals surface area contributed by atoms with E-state index in [9.17, 15) is 14.4 Å². The molecule has 13 nitrogen and oxygen atoms in total. The van der Waals surface area contributed by atoms with Crippen molar-refractivity contribution in [1.29, 1.82) is 0 Å². The number of rotatable bonds is 18. The molecule has 0 fully saturated rings. The number of carbonyl (C=O) groups excluding carboxylic acids is 3. The third-order valence-corrected chi connectivity index (χ3v) is 9.22. The van der Waals surface area contributed by atoms with E-state index < -0.39 is 24.8 Å². The summed E-state index contributed by atoms with van der Waals surface area (Å²) in [6, 6.07) is 3.63. The fourth-order valence-corrected chi connectivity index (χ4v) is 6.17. The number of ether oxygens (including phenoxy) is 3. The van der Waals surface area contributed by atoms with E-state index in [1.165, 1.54) is 30.6 Å². The van der Waals surface area contributed by atoms with Gasteiger partial charge in [-0.2, -0.15) is 0 Å². The van der Waals surface area contributed by atoms with E-state index in [0.717, 1.165) is 30.5 Å². The predicted octanol–water partition coefficient (Wildman–Crippen LogP) is 6.42. The molecule has 1 aliphatic heterocycles. The number of anilines is 1.